The summed E-state index contributed by atoms with van der Waals surface area (Å²) in [6.07, 6.45) is 7.86. The van der Waals surface area contributed by atoms with Gasteiger partial charge in [0.2, 0.25) is 5.88 Å². The fourth-order valence-electron chi connectivity index (χ4n) is 2.10. The molecule has 94 valence electrons. The van der Waals surface area contributed by atoms with E-state index >= 15 is 0 Å². The van der Waals surface area contributed by atoms with Crippen LogP contribution in [-0.2, 0) is 0 Å². The molecule has 0 spiro atoms. The van der Waals surface area contributed by atoms with Gasteiger partial charge in [0.25, 0.3) is 0 Å². The van der Waals surface area contributed by atoms with Crippen molar-refractivity contribution < 1.29 is 9.84 Å². The van der Waals surface area contributed by atoms with Gasteiger partial charge in [-0.2, -0.15) is 0 Å². The lowest BCUT2D eigenvalue weighted by molar-refractivity contribution is 0.100. The molecule has 4 nitrogen and oxygen atoms in total. The molecule has 0 radical (unpaired) electrons. The van der Waals surface area contributed by atoms with Gasteiger partial charge in [0, 0.05) is 12.7 Å². The highest BCUT2D eigenvalue weighted by molar-refractivity contribution is 7.98. The second kappa shape index (κ2) is 6.21. The van der Waals surface area contributed by atoms with Crippen molar-refractivity contribution in [3.05, 3.63) is 12.4 Å². The third-order valence-electron chi connectivity index (χ3n) is 3.17. The summed E-state index contributed by atoms with van der Waals surface area (Å²) in [5.41, 5.74) is 0. The molecular formula is C12H18N2O2S. The normalized spacial score (nSPS) is 24.6. The molecule has 0 bridgehead atoms. The van der Waals surface area contributed by atoms with E-state index in [-0.39, 0.29) is 6.10 Å². The van der Waals surface area contributed by atoms with E-state index in [2.05, 4.69) is 9.97 Å². The van der Waals surface area contributed by atoms with Crippen molar-refractivity contribution in [3.63, 3.8) is 0 Å². The Kier molecular flexibility index (Phi) is 4.62. The Balaban J connectivity index is 1.88. The minimum absolute atomic E-state index is 0.238. The van der Waals surface area contributed by atoms with E-state index in [1.54, 1.807) is 18.1 Å². The molecule has 1 aromatic heterocycles. The summed E-state index contributed by atoms with van der Waals surface area (Å²) in [5, 5.41) is 10.0. The molecule has 1 heterocycles. The third-order valence-corrected chi connectivity index (χ3v) is 3.81. The van der Waals surface area contributed by atoms with Crippen LogP contribution in [0.5, 0.6) is 5.88 Å². The fraction of sp³-hybridized carbons (Fsp3) is 0.667. The molecule has 0 amide bonds. The van der Waals surface area contributed by atoms with Gasteiger partial charge >= 0.3 is 0 Å². The Morgan fingerprint density at radius 3 is 2.76 bits per heavy atom. The zero-order valence-electron chi connectivity index (χ0n) is 10.0. The number of rotatable bonds is 4. The van der Waals surface area contributed by atoms with E-state index in [4.69, 9.17) is 9.84 Å². The van der Waals surface area contributed by atoms with Crippen molar-refractivity contribution in [2.24, 2.45) is 5.92 Å². The quantitative estimate of drug-likeness (QED) is 0.659. The molecule has 5 heteroatoms. The topological polar surface area (TPSA) is 55.2 Å². The molecule has 1 saturated carbocycles. The molecule has 1 N–H and O–H groups in total. The zero-order valence-corrected chi connectivity index (χ0v) is 10.8. The molecule has 1 aromatic rings. The highest BCUT2D eigenvalue weighted by atomic mass is 32.2. The Morgan fingerprint density at radius 2 is 2.12 bits per heavy atom. The molecule has 1 aliphatic carbocycles. The molecule has 17 heavy (non-hydrogen) atoms. The molecule has 0 atom stereocenters. The van der Waals surface area contributed by atoms with E-state index in [0.717, 1.165) is 30.7 Å². The number of aromatic nitrogens is 2. The maximum absolute atomic E-state index is 9.07. The molecule has 2 rings (SSSR count). The van der Waals surface area contributed by atoms with E-state index in [1.165, 1.54) is 0 Å². The summed E-state index contributed by atoms with van der Waals surface area (Å²) in [4.78, 5) is 8.24. The van der Waals surface area contributed by atoms with Crippen molar-refractivity contribution in [1.82, 2.24) is 9.97 Å². The van der Waals surface area contributed by atoms with Crippen molar-refractivity contribution in [3.8, 4) is 5.88 Å². The number of hydrogen-bond acceptors (Lipinski definition) is 5. The van der Waals surface area contributed by atoms with Gasteiger partial charge in [-0.25, -0.2) is 9.97 Å². The van der Waals surface area contributed by atoms with Gasteiger partial charge in [0.05, 0.1) is 0 Å². The maximum Gasteiger partial charge on any atom is 0.217 e. The van der Waals surface area contributed by atoms with Crippen LogP contribution in [0.15, 0.2) is 17.4 Å². The first-order chi connectivity index (χ1) is 8.31. The van der Waals surface area contributed by atoms with Crippen LogP contribution in [-0.4, -0.2) is 34.0 Å². The average molecular weight is 254 g/mol. The van der Waals surface area contributed by atoms with E-state index in [0.29, 0.717) is 18.4 Å². The Morgan fingerprint density at radius 1 is 1.35 bits per heavy atom. The molecular weight excluding hydrogens is 236 g/mol. The van der Waals surface area contributed by atoms with Gasteiger partial charge < -0.3 is 9.84 Å². The third kappa shape index (κ3) is 3.57. The zero-order chi connectivity index (χ0) is 12.1. The van der Waals surface area contributed by atoms with Gasteiger partial charge in [-0.3, -0.25) is 0 Å². The molecule has 1 aliphatic rings. The van der Waals surface area contributed by atoms with Crippen molar-refractivity contribution >= 4 is 11.8 Å². The smallest absolute Gasteiger partial charge is 0.217 e. The molecule has 0 aliphatic heterocycles. The van der Waals surface area contributed by atoms with Crippen molar-refractivity contribution in [2.45, 2.75) is 36.8 Å². The van der Waals surface area contributed by atoms with Crippen molar-refractivity contribution in [2.75, 3.05) is 12.9 Å². The summed E-state index contributed by atoms with van der Waals surface area (Å²) in [7, 11) is 0. The van der Waals surface area contributed by atoms with Crippen LogP contribution in [0.1, 0.15) is 25.7 Å². The summed E-state index contributed by atoms with van der Waals surface area (Å²) in [6.45, 7) is 0.302. The fourth-order valence-corrected chi connectivity index (χ4v) is 2.47. The molecule has 0 saturated heterocycles. The van der Waals surface area contributed by atoms with Crippen LogP contribution < -0.4 is 4.74 Å². The lowest BCUT2D eigenvalue weighted by Gasteiger charge is -2.27. The predicted molar refractivity (Wildman–Crippen MR) is 67.3 cm³/mol. The van der Waals surface area contributed by atoms with E-state index in [1.807, 2.05) is 12.3 Å². The number of ether oxygens (including phenoxy) is 1. The predicted octanol–water partition coefficient (Wildman–Crippen LogP) is 2.13. The maximum atomic E-state index is 9.07. The molecule has 0 unspecified atom stereocenters. The van der Waals surface area contributed by atoms with Gasteiger partial charge in [-0.1, -0.05) is 0 Å². The number of hydrogen-bond donors (Lipinski definition) is 1. The van der Waals surface area contributed by atoms with Crippen LogP contribution in [0.25, 0.3) is 0 Å². The Labute approximate surface area is 106 Å². The molecule has 1 fully saturated rings. The first kappa shape index (κ1) is 12.6. The van der Waals surface area contributed by atoms with Crippen molar-refractivity contribution in [1.29, 1.82) is 0 Å². The second-order valence-corrected chi connectivity index (χ2v) is 5.17. The lowest BCUT2D eigenvalue weighted by atomic mass is 9.88. The minimum Gasteiger partial charge on any atom is -0.474 e. The highest BCUT2D eigenvalue weighted by Crippen LogP contribution is 2.27. The monoisotopic (exact) mass is 254 g/mol. The first-order valence-electron chi connectivity index (χ1n) is 5.95. The molecule has 0 aromatic carbocycles. The first-order valence-corrected chi connectivity index (χ1v) is 7.18. The summed E-state index contributed by atoms with van der Waals surface area (Å²) in [5.74, 6) is 1.12. The summed E-state index contributed by atoms with van der Waals surface area (Å²) >= 11 is 1.58. The van der Waals surface area contributed by atoms with Crippen LogP contribution in [0.3, 0.4) is 0 Å². The van der Waals surface area contributed by atoms with Crippen LogP contribution in [0, 0.1) is 5.92 Å². The number of aliphatic hydroxyl groups excluding tert-OH is 1. The second-order valence-electron chi connectivity index (χ2n) is 4.34. The number of aliphatic hydroxyl groups is 1. The van der Waals surface area contributed by atoms with Crippen LogP contribution in [0.2, 0.25) is 0 Å². The highest BCUT2D eigenvalue weighted by Gasteiger charge is 2.22. The van der Waals surface area contributed by atoms with E-state index < -0.39 is 0 Å². The summed E-state index contributed by atoms with van der Waals surface area (Å²) < 4.78 is 5.84. The Hall–Kier alpha value is -0.810. The summed E-state index contributed by atoms with van der Waals surface area (Å²) in [6, 6.07) is 1.88. The number of thioether (sulfide) groups is 1. The van der Waals surface area contributed by atoms with Gasteiger partial charge in [-0.05, 0) is 37.9 Å². The Bertz CT molecular complexity index is 354. The number of nitrogens with zero attached hydrogens (tertiary/aromatic N) is 2. The van der Waals surface area contributed by atoms with Crippen LogP contribution in [0.4, 0.5) is 0 Å². The largest absolute Gasteiger partial charge is 0.474 e. The van der Waals surface area contributed by atoms with Crippen LogP contribution >= 0.6 is 11.8 Å². The van der Waals surface area contributed by atoms with Gasteiger partial charge in [0.15, 0.2) is 0 Å². The van der Waals surface area contributed by atoms with Gasteiger partial charge in [-0.15, -0.1) is 11.8 Å². The van der Waals surface area contributed by atoms with Gasteiger partial charge in [0.1, 0.15) is 17.5 Å². The van der Waals surface area contributed by atoms with E-state index in [9.17, 15) is 0 Å². The SMILES string of the molecule is CSc1cc(OC2CCC(CO)CC2)ncn1. The average Bonchev–Trinajstić information content (AvgIpc) is 2.40. The lowest BCUT2D eigenvalue weighted by Crippen LogP contribution is -2.25. The minimum atomic E-state index is 0.238. The standard InChI is InChI=1S/C12H18N2O2S/c1-17-12-6-11(13-8-14-12)16-10-4-2-9(7-15)3-5-10/h6,8-10,15H,2-5,7H2,1H3.